The Morgan fingerprint density at radius 2 is 0.773 bits per heavy atom. The summed E-state index contributed by atoms with van der Waals surface area (Å²) >= 11 is 0. The zero-order valence-electron chi connectivity index (χ0n) is 35.2. The number of hydrogen-bond donors (Lipinski definition) is 0. The highest BCUT2D eigenvalue weighted by Crippen LogP contribution is 2.46. The standard InChI is InChI=1S/C60H34N4O2/c1-3-15-35(16-4-1)57-46-30-32-51-56(54(46)45-24-11-13-25-48(45)61-57)47-33-37(28-31-50(47)65-51)53-41-20-7-9-22-43(41)55(44-23-10-8-21-42(44)53)60-63-58(36-17-5-2-6-18-36)62-59(64-60)38-27-29-40-39-19-12-14-26-49(39)66-52(40)34-38/h1-34H. The van der Waals surface area contributed by atoms with Crippen molar-refractivity contribution < 1.29 is 8.83 Å². The molecule has 0 saturated carbocycles. The Kier molecular flexibility index (Phi) is 7.88. The Hall–Kier alpha value is -9.00. The van der Waals surface area contributed by atoms with Crippen LogP contribution >= 0.6 is 0 Å². The van der Waals surface area contributed by atoms with Crippen LogP contribution in [-0.2, 0) is 0 Å². The minimum absolute atomic E-state index is 0.570. The van der Waals surface area contributed by atoms with E-state index in [0.717, 1.165) is 126 Å². The number of benzene rings is 10. The molecule has 14 rings (SSSR count). The van der Waals surface area contributed by atoms with Gasteiger partial charge in [-0.15, -0.1) is 0 Å². The first-order valence-corrected chi connectivity index (χ1v) is 22.1. The van der Waals surface area contributed by atoms with Gasteiger partial charge in [0.1, 0.15) is 22.3 Å². The predicted molar refractivity (Wildman–Crippen MR) is 269 cm³/mol. The van der Waals surface area contributed by atoms with Crippen LogP contribution in [0.2, 0.25) is 0 Å². The molecule has 4 heterocycles. The number of nitrogens with zero attached hydrogens (tertiary/aromatic N) is 4. The zero-order valence-corrected chi connectivity index (χ0v) is 35.2. The molecule has 0 aliphatic heterocycles. The summed E-state index contributed by atoms with van der Waals surface area (Å²) in [6.45, 7) is 0. The lowest BCUT2D eigenvalue weighted by molar-refractivity contribution is 0.668. The van der Waals surface area contributed by atoms with Crippen LogP contribution in [0.25, 0.3) is 144 Å². The van der Waals surface area contributed by atoms with Crippen LogP contribution in [0.15, 0.2) is 215 Å². The minimum Gasteiger partial charge on any atom is -0.456 e. The largest absolute Gasteiger partial charge is 0.456 e. The van der Waals surface area contributed by atoms with Crippen LogP contribution in [0, 0.1) is 0 Å². The number of fused-ring (bicyclic) bond motifs is 12. The van der Waals surface area contributed by atoms with Crippen molar-refractivity contribution in [2.75, 3.05) is 0 Å². The molecule has 4 aromatic heterocycles. The summed E-state index contributed by atoms with van der Waals surface area (Å²) in [6.07, 6.45) is 0. The fourth-order valence-electron chi connectivity index (χ4n) is 10.2. The van der Waals surface area contributed by atoms with Gasteiger partial charge in [-0.1, -0.05) is 158 Å². The number of pyridine rings is 1. The third-order valence-electron chi connectivity index (χ3n) is 13.1. The lowest BCUT2D eigenvalue weighted by Gasteiger charge is -2.17. The van der Waals surface area contributed by atoms with E-state index in [1.807, 2.05) is 60.7 Å². The van der Waals surface area contributed by atoms with E-state index in [4.69, 9.17) is 28.8 Å². The molecular formula is C60H34N4O2. The molecule has 0 bridgehead atoms. The number of para-hydroxylation sites is 2. The second-order valence-corrected chi connectivity index (χ2v) is 16.8. The molecule has 0 atom stereocenters. The van der Waals surface area contributed by atoms with Crippen LogP contribution in [0.4, 0.5) is 0 Å². The zero-order chi connectivity index (χ0) is 43.3. The maximum absolute atomic E-state index is 6.68. The van der Waals surface area contributed by atoms with Gasteiger partial charge in [0.2, 0.25) is 0 Å². The van der Waals surface area contributed by atoms with Crippen LogP contribution in [-0.4, -0.2) is 19.9 Å². The van der Waals surface area contributed by atoms with Crippen LogP contribution < -0.4 is 0 Å². The molecule has 0 fully saturated rings. The Labute approximate surface area is 377 Å². The number of rotatable bonds is 5. The summed E-state index contributed by atoms with van der Waals surface area (Å²) in [4.78, 5) is 21.0. The van der Waals surface area contributed by atoms with Crippen molar-refractivity contribution in [2.45, 2.75) is 0 Å². The van der Waals surface area contributed by atoms with Crippen LogP contribution in [0.5, 0.6) is 0 Å². The smallest absolute Gasteiger partial charge is 0.165 e. The molecule has 0 aliphatic rings. The second-order valence-electron chi connectivity index (χ2n) is 16.8. The molecule has 10 aromatic carbocycles. The highest BCUT2D eigenvalue weighted by Gasteiger charge is 2.23. The van der Waals surface area contributed by atoms with E-state index in [9.17, 15) is 0 Å². The van der Waals surface area contributed by atoms with Crippen LogP contribution in [0.1, 0.15) is 0 Å². The quantitative estimate of drug-likeness (QED) is 0.127. The molecule has 14 aromatic rings. The molecule has 6 nitrogen and oxygen atoms in total. The van der Waals surface area contributed by atoms with E-state index in [-0.39, 0.29) is 0 Å². The molecule has 6 heteroatoms. The predicted octanol–water partition coefficient (Wildman–Crippen LogP) is 16.0. The van der Waals surface area contributed by atoms with Crippen molar-refractivity contribution in [1.82, 2.24) is 19.9 Å². The third kappa shape index (κ3) is 5.55. The number of furan rings is 2. The summed E-state index contributed by atoms with van der Waals surface area (Å²) in [5, 5.41) is 11.9. The van der Waals surface area contributed by atoms with Crippen LogP contribution in [0.3, 0.4) is 0 Å². The van der Waals surface area contributed by atoms with E-state index < -0.39 is 0 Å². The van der Waals surface area contributed by atoms with Crippen molar-refractivity contribution in [1.29, 1.82) is 0 Å². The highest BCUT2D eigenvalue weighted by atomic mass is 16.3. The molecule has 0 unspecified atom stereocenters. The molecule has 0 saturated heterocycles. The van der Waals surface area contributed by atoms with Crippen molar-refractivity contribution in [2.24, 2.45) is 0 Å². The van der Waals surface area contributed by atoms with E-state index >= 15 is 0 Å². The van der Waals surface area contributed by atoms with Crippen molar-refractivity contribution in [3.05, 3.63) is 206 Å². The van der Waals surface area contributed by atoms with Gasteiger partial charge in [-0.05, 0) is 81.2 Å². The fourth-order valence-corrected chi connectivity index (χ4v) is 10.2. The first-order valence-electron chi connectivity index (χ1n) is 22.1. The first kappa shape index (κ1) is 36.5. The van der Waals surface area contributed by atoms with Crippen molar-refractivity contribution >= 4 is 87.1 Å². The molecule has 0 N–H and O–H groups in total. The van der Waals surface area contributed by atoms with Gasteiger partial charge in [0.05, 0.1) is 11.2 Å². The molecule has 66 heavy (non-hydrogen) atoms. The lowest BCUT2D eigenvalue weighted by Crippen LogP contribution is -2.01. The van der Waals surface area contributed by atoms with E-state index in [1.165, 1.54) is 0 Å². The van der Waals surface area contributed by atoms with Gasteiger partial charge in [0.25, 0.3) is 0 Å². The first-order chi connectivity index (χ1) is 32.7. The van der Waals surface area contributed by atoms with Gasteiger partial charge in [-0.25, -0.2) is 19.9 Å². The molecular weight excluding hydrogens is 809 g/mol. The fraction of sp³-hybridized carbons (Fsp3) is 0. The maximum atomic E-state index is 6.68. The number of aromatic nitrogens is 4. The van der Waals surface area contributed by atoms with E-state index in [0.29, 0.717) is 17.5 Å². The van der Waals surface area contributed by atoms with Crippen molar-refractivity contribution in [3.8, 4) is 56.5 Å². The van der Waals surface area contributed by atoms with Gasteiger partial charge in [-0.2, -0.15) is 0 Å². The molecule has 0 radical (unpaired) electrons. The topological polar surface area (TPSA) is 77.8 Å². The summed E-state index contributed by atoms with van der Waals surface area (Å²) in [7, 11) is 0. The normalized spacial score (nSPS) is 11.9. The monoisotopic (exact) mass is 842 g/mol. The number of hydrogen-bond acceptors (Lipinski definition) is 6. The van der Waals surface area contributed by atoms with Gasteiger partial charge in [0.15, 0.2) is 17.5 Å². The SMILES string of the molecule is c1ccc(-c2nc(-c3ccc4c(c3)oc3ccccc34)nc(-c3c4ccccc4c(-c4ccc5oc6ccc7c(-c8ccccc8)nc8ccccc8c7c6c5c4)c4ccccc34)n2)cc1. The average Bonchev–Trinajstić information content (AvgIpc) is 3.96. The van der Waals surface area contributed by atoms with Gasteiger partial charge in [-0.3, -0.25) is 0 Å². The van der Waals surface area contributed by atoms with E-state index in [1.54, 1.807) is 0 Å². The Morgan fingerprint density at radius 3 is 1.52 bits per heavy atom. The summed E-state index contributed by atoms with van der Waals surface area (Å²) in [5.41, 5.74) is 11.2. The Bertz CT molecular complexity index is 4230. The minimum atomic E-state index is 0.570. The van der Waals surface area contributed by atoms with Gasteiger partial charge in [0, 0.05) is 60.0 Å². The van der Waals surface area contributed by atoms with Gasteiger partial charge < -0.3 is 8.83 Å². The summed E-state index contributed by atoms with van der Waals surface area (Å²) in [5.74, 6) is 1.77. The second kappa shape index (κ2) is 14.3. The lowest BCUT2D eigenvalue weighted by atomic mass is 9.87. The molecule has 306 valence electrons. The highest BCUT2D eigenvalue weighted by molar-refractivity contribution is 6.29. The van der Waals surface area contributed by atoms with Crippen molar-refractivity contribution in [3.63, 3.8) is 0 Å². The third-order valence-corrected chi connectivity index (χ3v) is 13.1. The summed E-state index contributed by atoms with van der Waals surface area (Å²) < 4.78 is 13.0. The molecule has 0 spiro atoms. The van der Waals surface area contributed by atoms with E-state index in [2.05, 4.69) is 146 Å². The Morgan fingerprint density at radius 1 is 0.258 bits per heavy atom. The maximum Gasteiger partial charge on any atom is 0.165 e. The molecule has 0 amide bonds. The van der Waals surface area contributed by atoms with Gasteiger partial charge >= 0.3 is 0 Å². The average molecular weight is 843 g/mol. The molecule has 0 aliphatic carbocycles. The Balaban J connectivity index is 1.02. The summed E-state index contributed by atoms with van der Waals surface area (Å²) in [6, 6.07) is 71.5.